The van der Waals surface area contributed by atoms with E-state index in [1.807, 2.05) is 11.8 Å². The molecule has 0 aromatic carbocycles. The molecular weight excluding hydrogens is 222 g/mol. The van der Waals surface area contributed by atoms with Gasteiger partial charge in [-0.25, -0.2) is 0 Å². The standard InChI is InChI=1S/C12H23NO2S/c1-3-16-11-6-4-5-10(11)13-12(15)8-7-9(2)14/h9-11,14H,3-8H2,1-2H3,(H,13,15). The van der Waals surface area contributed by atoms with Gasteiger partial charge in [0, 0.05) is 17.7 Å². The zero-order valence-electron chi connectivity index (χ0n) is 10.2. The molecule has 3 atom stereocenters. The number of thioether (sulfide) groups is 1. The van der Waals surface area contributed by atoms with Crippen LogP contribution < -0.4 is 5.32 Å². The predicted molar refractivity (Wildman–Crippen MR) is 68.6 cm³/mol. The van der Waals surface area contributed by atoms with Crippen LogP contribution in [0, 0.1) is 0 Å². The maximum Gasteiger partial charge on any atom is 0.220 e. The number of hydrogen-bond donors (Lipinski definition) is 2. The molecule has 1 amide bonds. The van der Waals surface area contributed by atoms with Gasteiger partial charge in [-0.3, -0.25) is 4.79 Å². The minimum absolute atomic E-state index is 0.0921. The van der Waals surface area contributed by atoms with Crippen LogP contribution in [0.25, 0.3) is 0 Å². The molecule has 0 heterocycles. The Bertz CT molecular complexity index is 221. The molecule has 0 radical (unpaired) electrons. The van der Waals surface area contributed by atoms with Crippen molar-refractivity contribution in [3.8, 4) is 0 Å². The molecule has 3 unspecified atom stereocenters. The summed E-state index contributed by atoms with van der Waals surface area (Å²) < 4.78 is 0. The van der Waals surface area contributed by atoms with E-state index in [1.54, 1.807) is 6.92 Å². The van der Waals surface area contributed by atoms with Crippen molar-refractivity contribution in [2.24, 2.45) is 0 Å². The van der Waals surface area contributed by atoms with E-state index in [9.17, 15) is 4.79 Å². The average molecular weight is 245 g/mol. The molecule has 0 bridgehead atoms. The van der Waals surface area contributed by atoms with Crippen LogP contribution in [0.1, 0.15) is 46.0 Å². The maximum absolute atomic E-state index is 11.6. The van der Waals surface area contributed by atoms with Gasteiger partial charge in [0.1, 0.15) is 0 Å². The molecule has 0 spiro atoms. The Morgan fingerprint density at radius 1 is 1.56 bits per heavy atom. The van der Waals surface area contributed by atoms with Gasteiger partial charge in [-0.05, 0) is 31.9 Å². The molecule has 0 aromatic heterocycles. The highest BCUT2D eigenvalue weighted by Gasteiger charge is 2.28. The monoisotopic (exact) mass is 245 g/mol. The van der Waals surface area contributed by atoms with Crippen LogP contribution in [-0.2, 0) is 4.79 Å². The smallest absolute Gasteiger partial charge is 0.220 e. The van der Waals surface area contributed by atoms with Gasteiger partial charge in [-0.15, -0.1) is 0 Å². The molecule has 4 heteroatoms. The van der Waals surface area contributed by atoms with E-state index in [-0.39, 0.29) is 12.0 Å². The van der Waals surface area contributed by atoms with Crippen LogP contribution >= 0.6 is 11.8 Å². The van der Waals surface area contributed by atoms with E-state index in [0.29, 0.717) is 24.1 Å². The van der Waals surface area contributed by atoms with Crippen LogP contribution in [-0.4, -0.2) is 34.2 Å². The Balaban J connectivity index is 2.26. The highest BCUT2D eigenvalue weighted by atomic mass is 32.2. The number of carbonyl (C=O) groups is 1. The van der Waals surface area contributed by atoms with E-state index >= 15 is 0 Å². The number of rotatable bonds is 6. The maximum atomic E-state index is 11.6. The van der Waals surface area contributed by atoms with Crippen molar-refractivity contribution in [2.75, 3.05) is 5.75 Å². The molecule has 16 heavy (non-hydrogen) atoms. The summed E-state index contributed by atoms with van der Waals surface area (Å²) in [7, 11) is 0. The van der Waals surface area contributed by atoms with Gasteiger partial charge in [0.15, 0.2) is 0 Å². The zero-order chi connectivity index (χ0) is 12.0. The van der Waals surface area contributed by atoms with Gasteiger partial charge in [0.05, 0.1) is 6.10 Å². The lowest BCUT2D eigenvalue weighted by Gasteiger charge is -2.20. The molecule has 1 aliphatic carbocycles. The Labute approximate surface area is 102 Å². The second-order valence-corrected chi connectivity index (χ2v) is 6.00. The van der Waals surface area contributed by atoms with E-state index < -0.39 is 0 Å². The third-order valence-electron chi connectivity index (χ3n) is 2.97. The van der Waals surface area contributed by atoms with Gasteiger partial charge < -0.3 is 10.4 Å². The second-order valence-electron chi connectivity index (χ2n) is 4.49. The number of nitrogens with one attached hydrogen (secondary N) is 1. The Kier molecular flexibility index (Phi) is 6.21. The van der Waals surface area contributed by atoms with Crippen molar-refractivity contribution >= 4 is 17.7 Å². The first-order chi connectivity index (χ1) is 7.63. The van der Waals surface area contributed by atoms with Crippen molar-refractivity contribution in [3.05, 3.63) is 0 Å². The summed E-state index contributed by atoms with van der Waals surface area (Å²) in [6.07, 6.45) is 4.17. The molecule has 2 N–H and O–H groups in total. The number of hydrogen-bond acceptors (Lipinski definition) is 3. The van der Waals surface area contributed by atoms with E-state index in [0.717, 1.165) is 12.2 Å². The van der Waals surface area contributed by atoms with Crippen molar-refractivity contribution in [1.29, 1.82) is 0 Å². The number of aliphatic hydroxyl groups excluding tert-OH is 1. The van der Waals surface area contributed by atoms with E-state index in [1.165, 1.54) is 12.8 Å². The first-order valence-electron chi connectivity index (χ1n) is 6.22. The lowest BCUT2D eigenvalue weighted by atomic mass is 10.2. The summed E-state index contributed by atoms with van der Waals surface area (Å²) in [5.41, 5.74) is 0. The van der Waals surface area contributed by atoms with Crippen LogP contribution in [0.4, 0.5) is 0 Å². The Morgan fingerprint density at radius 2 is 2.31 bits per heavy atom. The van der Waals surface area contributed by atoms with Gasteiger partial charge in [-0.2, -0.15) is 11.8 Å². The van der Waals surface area contributed by atoms with Crippen molar-refractivity contribution in [1.82, 2.24) is 5.32 Å². The quantitative estimate of drug-likeness (QED) is 0.752. The lowest BCUT2D eigenvalue weighted by molar-refractivity contribution is -0.122. The van der Waals surface area contributed by atoms with Crippen LogP contribution in [0.5, 0.6) is 0 Å². The fourth-order valence-corrected chi connectivity index (χ4v) is 3.32. The summed E-state index contributed by atoms with van der Waals surface area (Å²) >= 11 is 1.95. The minimum atomic E-state index is -0.379. The molecule has 94 valence electrons. The summed E-state index contributed by atoms with van der Waals surface area (Å²) in [4.78, 5) is 11.6. The van der Waals surface area contributed by atoms with Gasteiger partial charge in [0.25, 0.3) is 0 Å². The summed E-state index contributed by atoms with van der Waals surface area (Å²) in [5.74, 6) is 1.21. The molecule has 0 saturated heterocycles. The van der Waals surface area contributed by atoms with E-state index in [2.05, 4.69) is 12.2 Å². The summed E-state index contributed by atoms with van der Waals surface area (Å²) in [6, 6.07) is 0.353. The van der Waals surface area contributed by atoms with Crippen molar-refractivity contribution in [3.63, 3.8) is 0 Å². The topological polar surface area (TPSA) is 49.3 Å². The lowest BCUT2D eigenvalue weighted by Crippen LogP contribution is -2.38. The minimum Gasteiger partial charge on any atom is -0.393 e. The fourth-order valence-electron chi connectivity index (χ4n) is 2.12. The Morgan fingerprint density at radius 3 is 2.94 bits per heavy atom. The highest BCUT2D eigenvalue weighted by Crippen LogP contribution is 2.29. The predicted octanol–water partition coefficient (Wildman–Crippen LogP) is 1.94. The molecule has 1 aliphatic rings. The van der Waals surface area contributed by atoms with Crippen LogP contribution in [0.15, 0.2) is 0 Å². The third kappa shape index (κ3) is 4.74. The third-order valence-corrected chi connectivity index (χ3v) is 4.29. The summed E-state index contributed by atoms with van der Waals surface area (Å²) in [6.45, 7) is 3.88. The average Bonchev–Trinajstić information content (AvgIpc) is 2.63. The zero-order valence-corrected chi connectivity index (χ0v) is 11.1. The Hall–Kier alpha value is -0.220. The highest BCUT2D eigenvalue weighted by molar-refractivity contribution is 7.99. The summed E-state index contributed by atoms with van der Waals surface area (Å²) in [5, 5.41) is 12.8. The van der Waals surface area contributed by atoms with Gasteiger partial charge in [-0.1, -0.05) is 13.3 Å². The molecule has 3 nitrogen and oxygen atoms in total. The first-order valence-corrected chi connectivity index (χ1v) is 7.27. The number of amides is 1. The van der Waals surface area contributed by atoms with Crippen LogP contribution in [0.3, 0.4) is 0 Å². The largest absolute Gasteiger partial charge is 0.393 e. The van der Waals surface area contributed by atoms with Crippen molar-refractivity contribution in [2.45, 2.75) is 63.3 Å². The molecule has 1 saturated carbocycles. The van der Waals surface area contributed by atoms with Gasteiger partial charge >= 0.3 is 0 Å². The molecule has 0 aromatic rings. The normalized spacial score (nSPS) is 26.7. The SMILES string of the molecule is CCSC1CCCC1NC(=O)CCC(C)O. The second kappa shape index (κ2) is 7.17. The molecular formula is C12H23NO2S. The number of carbonyl (C=O) groups excluding carboxylic acids is 1. The van der Waals surface area contributed by atoms with Crippen molar-refractivity contribution < 1.29 is 9.90 Å². The molecule has 0 aliphatic heterocycles. The van der Waals surface area contributed by atoms with Gasteiger partial charge in [0.2, 0.25) is 5.91 Å². The fraction of sp³-hybridized carbons (Fsp3) is 0.917. The molecule has 1 fully saturated rings. The first kappa shape index (κ1) is 13.8. The van der Waals surface area contributed by atoms with Crippen LogP contribution in [0.2, 0.25) is 0 Å². The molecule has 1 rings (SSSR count). The number of aliphatic hydroxyl groups is 1. The van der Waals surface area contributed by atoms with E-state index in [4.69, 9.17) is 5.11 Å².